The average Bonchev–Trinajstić information content (AvgIpc) is 3.84. The number of nitrogens with one attached hydrogen (secondary N) is 1. The fourth-order valence-electron chi connectivity index (χ4n) is 9.05. The molecule has 1 aliphatic heterocycles. The van der Waals surface area contributed by atoms with Crippen molar-refractivity contribution in [1.29, 1.82) is 0 Å². The van der Waals surface area contributed by atoms with E-state index < -0.39 is 0 Å². The van der Waals surface area contributed by atoms with Crippen LogP contribution in [0.2, 0.25) is 0 Å². The Morgan fingerprint density at radius 3 is 1.98 bits per heavy atom. The van der Waals surface area contributed by atoms with Gasteiger partial charge in [-0.3, -0.25) is 0 Å². The second kappa shape index (κ2) is 11.2. The van der Waals surface area contributed by atoms with Gasteiger partial charge in [-0.15, -0.1) is 0 Å². The second-order valence-electron chi connectivity index (χ2n) is 17.5. The molecule has 10 aromatic rings. The molecule has 0 radical (unpaired) electrons. The van der Waals surface area contributed by atoms with Gasteiger partial charge in [0.05, 0.1) is 5.52 Å². The minimum Gasteiger partial charge on any atom is -0.456 e. The van der Waals surface area contributed by atoms with Gasteiger partial charge < -0.3 is 18.7 Å². The summed E-state index contributed by atoms with van der Waals surface area (Å²) >= 11 is 0. The van der Waals surface area contributed by atoms with Gasteiger partial charge >= 0.3 is 0 Å². The molecule has 4 nitrogen and oxygen atoms in total. The number of hydrogen-bond donors (Lipinski definition) is 1. The Kier molecular flexibility index (Phi) is 6.55. The van der Waals surface area contributed by atoms with Gasteiger partial charge in [0.1, 0.15) is 22.3 Å². The predicted octanol–water partition coefficient (Wildman–Crippen LogP) is 12.3. The Hall–Kier alpha value is -6.20. The normalized spacial score (nSPS) is 13.1. The first-order chi connectivity index (χ1) is 26.5. The van der Waals surface area contributed by atoms with Gasteiger partial charge in [-0.05, 0) is 93.6 Å². The van der Waals surface area contributed by atoms with Crippen molar-refractivity contribution in [1.82, 2.24) is 4.57 Å². The molecule has 0 amide bonds. The molecular formula is C50H41BN2O2. The van der Waals surface area contributed by atoms with Crippen LogP contribution in [0, 0.1) is 0 Å². The number of fused-ring (bicyclic) bond motifs is 12. The second-order valence-corrected chi connectivity index (χ2v) is 17.5. The van der Waals surface area contributed by atoms with E-state index in [1.807, 2.05) is 6.07 Å². The summed E-state index contributed by atoms with van der Waals surface area (Å²) in [6, 6.07) is 46.5. The Morgan fingerprint density at radius 1 is 0.527 bits per heavy atom. The molecule has 5 heteroatoms. The topological polar surface area (TPSA) is 43.2 Å². The van der Waals surface area contributed by atoms with Gasteiger partial charge in [0, 0.05) is 60.5 Å². The van der Waals surface area contributed by atoms with Crippen LogP contribution in [0.4, 0.5) is 11.4 Å². The summed E-state index contributed by atoms with van der Waals surface area (Å²) in [6.45, 7) is 13.7. The summed E-state index contributed by atoms with van der Waals surface area (Å²) in [5.41, 5.74) is 17.2. The van der Waals surface area contributed by atoms with Crippen molar-refractivity contribution < 1.29 is 8.83 Å². The van der Waals surface area contributed by atoms with E-state index in [0.717, 1.165) is 57.1 Å². The van der Waals surface area contributed by atoms with E-state index >= 15 is 0 Å². The lowest BCUT2D eigenvalue weighted by molar-refractivity contribution is 0.590. The molecule has 0 saturated carbocycles. The standard InChI is InChI=1S/C50H41BN2O2/c1-49(2,3)28-15-18-30(19-16-28)52-38-22-17-29(50(4,5)6)25-35(38)32-20-21-34-45-39(23-24-43-46(45)33-12-8-10-14-42(33)54-43)53-40-26-36-31-11-7-9-13-41(31)55-44(36)27-37(40)51-47(32)48(34)53/h7-27,51-52H,1-6H3. The molecule has 3 aromatic heterocycles. The molecule has 266 valence electrons. The van der Waals surface area contributed by atoms with E-state index in [1.54, 1.807) is 0 Å². The van der Waals surface area contributed by atoms with Crippen LogP contribution in [0.15, 0.2) is 136 Å². The highest BCUT2D eigenvalue weighted by Gasteiger charge is 2.30. The molecule has 0 aliphatic carbocycles. The number of para-hydroxylation sites is 2. The number of rotatable bonds is 3. The first-order valence-corrected chi connectivity index (χ1v) is 19.4. The molecule has 1 N–H and O–H groups in total. The van der Waals surface area contributed by atoms with Crippen molar-refractivity contribution >= 4 is 95.3 Å². The minimum atomic E-state index is -0.0225. The maximum Gasteiger partial charge on any atom is 0.198 e. The molecule has 0 saturated heterocycles. The minimum absolute atomic E-state index is 0.0225. The largest absolute Gasteiger partial charge is 0.456 e. The van der Waals surface area contributed by atoms with Crippen LogP contribution in [0.1, 0.15) is 52.7 Å². The third-order valence-electron chi connectivity index (χ3n) is 11.9. The SMILES string of the molecule is CC(C)(C)c1ccc(Nc2ccc(C(C)(C)C)cc2-c2ccc3c4c5c(ccc4n4c3c2Bc2cc3oc6ccccc6c3cc2-4)oc2ccccc25)cc1. The summed E-state index contributed by atoms with van der Waals surface area (Å²) in [5, 5.41) is 10.9. The number of anilines is 2. The molecule has 7 aromatic carbocycles. The lowest BCUT2D eigenvalue weighted by atomic mass is 9.59. The highest BCUT2D eigenvalue weighted by Crippen LogP contribution is 2.44. The third-order valence-corrected chi connectivity index (χ3v) is 11.9. The summed E-state index contributed by atoms with van der Waals surface area (Å²) in [5.74, 6) is 0. The van der Waals surface area contributed by atoms with Crippen LogP contribution in [0.5, 0.6) is 0 Å². The van der Waals surface area contributed by atoms with Crippen molar-refractivity contribution in [3.63, 3.8) is 0 Å². The van der Waals surface area contributed by atoms with Crippen LogP contribution in [-0.2, 0) is 10.8 Å². The average molecular weight is 713 g/mol. The number of furan rings is 2. The molecular weight excluding hydrogens is 671 g/mol. The number of nitrogens with zero attached hydrogens (tertiary/aromatic N) is 1. The highest BCUT2D eigenvalue weighted by molar-refractivity contribution is 6.74. The molecule has 0 bridgehead atoms. The zero-order chi connectivity index (χ0) is 37.4. The smallest absolute Gasteiger partial charge is 0.198 e. The first kappa shape index (κ1) is 32.3. The van der Waals surface area contributed by atoms with Gasteiger partial charge in [0.25, 0.3) is 0 Å². The number of hydrogen-bond acceptors (Lipinski definition) is 3. The van der Waals surface area contributed by atoms with Gasteiger partial charge in [-0.2, -0.15) is 0 Å². The molecule has 0 fully saturated rings. The van der Waals surface area contributed by atoms with E-state index in [4.69, 9.17) is 8.83 Å². The summed E-state index contributed by atoms with van der Waals surface area (Å²) in [7, 11) is 0.778. The lowest BCUT2D eigenvalue weighted by Gasteiger charge is -2.26. The molecule has 1 aliphatic rings. The maximum absolute atomic E-state index is 6.50. The highest BCUT2D eigenvalue weighted by atomic mass is 16.3. The van der Waals surface area contributed by atoms with Crippen LogP contribution in [0.25, 0.3) is 82.5 Å². The molecule has 0 spiro atoms. The van der Waals surface area contributed by atoms with Crippen molar-refractivity contribution in [3.8, 4) is 16.8 Å². The van der Waals surface area contributed by atoms with Crippen molar-refractivity contribution in [2.45, 2.75) is 52.4 Å². The number of aromatic nitrogens is 1. The Balaban J connectivity index is 1.22. The monoisotopic (exact) mass is 712 g/mol. The van der Waals surface area contributed by atoms with E-state index in [0.29, 0.717) is 0 Å². The van der Waals surface area contributed by atoms with Crippen molar-refractivity contribution in [2.75, 3.05) is 5.32 Å². The summed E-state index contributed by atoms with van der Waals surface area (Å²) in [4.78, 5) is 0. The fourth-order valence-corrected chi connectivity index (χ4v) is 9.05. The van der Waals surface area contributed by atoms with Gasteiger partial charge in [-0.1, -0.05) is 114 Å². The van der Waals surface area contributed by atoms with Crippen molar-refractivity contribution in [2.24, 2.45) is 0 Å². The lowest BCUT2D eigenvalue weighted by Crippen LogP contribution is -2.37. The Morgan fingerprint density at radius 2 is 1.22 bits per heavy atom. The van der Waals surface area contributed by atoms with Gasteiger partial charge in [-0.25, -0.2) is 0 Å². The molecule has 11 rings (SSSR count). The Labute approximate surface area is 320 Å². The van der Waals surface area contributed by atoms with Crippen LogP contribution in [-0.4, -0.2) is 11.8 Å². The molecule has 0 atom stereocenters. The zero-order valence-electron chi connectivity index (χ0n) is 32.1. The summed E-state index contributed by atoms with van der Waals surface area (Å²) < 4.78 is 15.5. The van der Waals surface area contributed by atoms with Gasteiger partial charge in [0.2, 0.25) is 0 Å². The Bertz CT molecular complexity index is 3220. The predicted molar refractivity (Wildman–Crippen MR) is 234 cm³/mol. The third kappa shape index (κ3) is 4.78. The van der Waals surface area contributed by atoms with Crippen LogP contribution >= 0.6 is 0 Å². The number of benzene rings is 7. The van der Waals surface area contributed by atoms with Gasteiger partial charge in [0.15, 0.2) is 7.28 Å². The zero-order valence-corrected chi connectivity index (χ0v) is 32.1. The summed E-state index contributed by atoms with van der Waals surface area (Å²) in [6.07, 6.45) is 0. The van der Waals surface area contributed by atoms with Crippen molar-refractivity contribution in [3.05, 3.63) is 139 Å². The maximum atomic E-state index is 6.50. The molecule has 0 unspecified atom stereocenters. The molecule has 4 heterocycles. The van der Waals surface area contributed by atoms with E-state index in [-0.39, 0.29) is 10.8 Å². The van der Waals surface area contributed by atoms with E-state index in [9.17, 15) is 0 Å². The van der Waals surface area contributed by atoms with E-state index in [2.05, 4.69) is 173 Å². The first-order valence-electron chi connectivity index (χ1n) is 19.4. The van der Waals surface area contributed by atoms with E-state index in [1.165, 1.54) is 66.1 Å². The molecule has 55 heavy (non-hydrogen) atoms. The van der Waals surface area contributed by atoms with Crippen LogP contribution in [0.3, 0.4) is 0 Å². The quantitative estimate of drug-likeness (QED) is 0.186. The fraction of sp³-hybridized carbons (Fsp3) is 0.160. The van der Waals surface area contributed by atoms with Crippen LogP contribution < -0.4 is 16.2 Å².